The normalized spacial score (nSPS) is 25.8. The predicted octanol–water partition coefficient (Wildman–Crippen LogP) is 0.975. The lowest BCUT2D eigenvalue weighted by atomic mass is 9.96. The first-order valence-electron chi connectivity index (χ1n) is 10.4. The summed E-state index contributed by atoms with van der Waals surface area (Å²) in [6.45, 7) is 6.04. The number of carbonyl (C=O) groups excluding carboxylic acids is 4. The van der Waals surface area contributed by atoms with Gasteiger partial charge in [-0.25, -0.2) is 0 Å². The summed E-state index contributed by atoms with van der Waals surface area (Å²) in [6.07, 6.45) is -2.92. The maximum atomic E-state index is 12.2. The van der Waals surface area contributed by atoms with Crippen molar-refractivity contribution in [3.05, 3.63) is 0 Å². The van der Waals surface area contributed by atoms with Gasteiger partial charge in [-0.2, -0.15) is 0 Å². The van der Waals surface area contributed by atoms with Gasteiger partial charge < -0.3 is 29.4 Å². The second kappa shape index (κ2) is 13.2. The third kappa shape index (κ3) is 7.91. The van der Waals surface area contributed by atoms with E-state index in [0.29, 0.717) is 19.3 Å². The molecule has 30 heavy (non-hydrogen) atoms. The first-order valence-corrected chi connectivity index (χ1v) is 10.4. The van der Waals surface area contributed by atoms with Crippen molar-refractivity contribution in [1.82, 2.24) is 5.32 Å². The van der Waals surface area contributed by atoms with Gasteiger partial charge in [0.25, 0.3) is 0 Å². The molecular formula is C20H33NO9. The van der Waals surface area contributed by atoms with E-state index in [9.17, 15) is 24.3 Å². The van der Waals surface area contributed by atoms with E-state index in [1.165, 1.54) is 6.92 Å². The number of aliphatic hydroxyl groups excluding tert-OH is 1. The van der Waals surface area contributed by atoms with Crippen LogP contribution in [0.5, 0.6) is 0 Å². The summed E-state index contributed by atoms with van der Waals surface area (Å²) in [7, 11) is 0. The number of nitrogens with one attached hydrogen (secondary N) is 1. The first-order chi connectivity index (χ1) is 14.3. The first kappa shape index (κ1) is 25.8. The van der Waals surface area contributed by atoms with Crippen molar-refractivity contribution in [2.75, 3.05) is 6.61 Å². The highest BCUT2D eigenvalue weighted by Crippen LogP contribution is 2.28. The molecule has 10 heteroatoms. The molecule has 10 nitrogen and oxygen atoms in total. The summed E-state index contributed by atoms with van der Waals surface area (Å²) < 4.78 is 22.0. The molecular weight excluding hydrogens is 398 g/mol. The highest BCUT2D eigenvalue weighted by Gasteiger charge is 2.52. The van der Waals surface area contributed by atoms with E-state index in [2.05, 4.69) is 5.32 Å². The van der Waals surface area contributed by atoms with Crippen LogP contribution in [0.1, 0.15) is 66.2 Å². The molecule has 0 aromatic rings. The molecule has 0 aromatic carbocycles. The van der Waals surface area contributed by atoms with E-state index in [0.717, 1.165) is 0 Å². The van der Waals surface area contributed by atoms with Gasteiger partial charge in [-0.3, -0.25) is 19.2 Å². The summed E-state index contributed by atoms with van der Waals surface area (Å²) in [5.74, 6) is -2.21. The van der Waals surface area contributed by atoms with Crippen LogP contribution >= 0.6 is 0 Å². The van der Waals surface area contributed by atoms with Gasteiger partial charge in [0.2, 0.25) is 12.2 Å². The number of amides is 1. The van der Waals surface area contributed by atoms with E-state index in [4.69, 9.17) is 18.9 Å². The molecule has 0 saturated carbocycles. The van der Waals surface area contributed by atoms with Gasteiger partial charge in [0.1, 0.15) is 12.1 Å². The maximum Gasteiger partial charge on any atom is 0.308 e. The van der Waals surface area contributed by atoms with Gasteiger partial charge in [-0.05, 0) is 19.3 Å². The maximum absolute atomic E-state index is 12.2. The van der Waals surface area contributed by atoms with Crippen LogP contribution in [-0.4, -0.2) is 66.2 Å². The molecule has 1 heterocycles. The van der Waals surface area contributed by atoms with Crippen molar-refractivity contribution in [2.45, 2.75) is 96.9 Å². The Labute approximate surface area is 176 Å². The lowest BCUT2D eigenvalue weighted by Crippen LogP contribution is -2.66. The Morgan fingerprint density at radius 3 is 1.73 bits per heavy atom. The van der Waals surface area contributed by atoms with Crippen LogP contribution in [0, 0.1) is 0 Å². The Kier molecular flexibility index (Phi) is 11.3. The van der Waals surface area contributed by atoms with Gasteiger partial charge in [-0.1, -0.05) is 20.8 Å². The van der Waals surface area contributed by atoms with Crippen LogP contribution in [-0.2, 0) is 38.1 Å². The summed E-state index contributed by atoms with van der Waals surface area (Å²) in [5.41, 5.74) is 0. The third-order valence-electron chi connectivity index (χ3n) is 4.34. The minimum absolute atomic E-state index is 0.101. The van der Waals surface area contributed by atoms with E-state index < -0.39 is 61.1 Å². The van der Waals surface area contributed by atoms with Gasteiger partial charge in [0.15, 0.2) is 12.2 Å². The minimum atomic E-state index is -1.33. The van der Waals surface area contributed by atoms with Gasteiger partial charge in [0, 0.05) is 26.2 Å². The number of hydrogen-bond acceptors (Lipinski definition) is 9. The van der Waals surface area contributed by atoms with Crippen molar-refractivity contribution in [2.24, 2.45) is 0 Å². The molecule has 0 radical (unpaired) electrons. The molecule has 1 amide bonds. The van der Waals surface area contributed by atoms with Gasteiger partial charge in [0.05, 0.1) is 6.61 Å². The van der Waals surface area contributed by atoms with Crippen molar-refractivity contribution in [3.8, 4) is 0 Å². The highest BCUT2D eigenvalue weighted by atomic mass is 16.7. The van der Waals surface area contributed by atoms with E-state index in [-0.39, 0.29) is 19.3 Å². The lowest BCUT2D eigenvalue weighted by molar-refractivity contribution is -0.271. The average Bonchev–Trinajstić information content (AvgIpc) is 2.66. The highest BCUT2D eigenvalue weighted by molar-refractivity contribution is 5.74. The molecule has 1 fully saturated rings. The standard InChI is InChI=1S/C20H33NO9/c1-5-8-14(24)28-18-13(11-22)27-20(30-16(26)10-7-3)17(21-12(4)23)19(18)29-15(25)9-6-2/h13,17-20,22H,5-11H2,1-4H3,(H,21,23)/t13?,17?,18-,19-,20?/m1/s1. The van der Waals surface area contributed by atoms with Crippen molar-refractivity contribution in [1.29, 1.82) is 0 Å². The molecule has 1 aliphatic heterocycles. The Morgan fingerprint density at radius 2 is 1.30 bits per heavy atom. The van der Waals surface area contributed by atoms with E-state index in [1.807, 2.05) is 0 Å². The molecule has 0 spiro atoms. The molecule has 172 valence electrons. The van der Waals surface area contributed by atoms with Gasteiger partial charge >= 0.3 is 17.9 Å². The quantitative estimate of drug-likeness (QED) is 0.362. The van der Waals surface area contributed by atoms with Crippen LogP contribution in [0.4, 0.5) is 0 Å². The van der Waals surface area contributed by atoms with Crippen LogP contribution in [0.25, 0.3) is 0 Å². The molecule has 0 aliphatic carbocycles. The predicted molar refractivity (Wildman–Crippen MR) is 104 cm³/mol. The molecule has 3 unspecified atom stereocenters. The van der Waals surface area contributed by atoms with Crippen LogP contribution in [0.2, 0.25) is 0 Å². The fraction of sp³-hybridized carbons (Fsp3) is 0.800. The number of ether oxygens (including phenoxy) is 4. The summed E-state index contributed by atoms with van der Waals surface area (Å²) in [6, 6.07) is -1.12. The largest absolute Gasteiger partial charge is 0.456 e. The lowest BCUT2D eigenvalue weighted by Gasteiger charge is -2.44. The van der Waals surface area contributed by atoms with E-state index >= 15 is 0 Å². The van der Waals surface area contributed by atoms with Crippen molar-refractivity contribution >= 4 is 23.8 Å². The van der Waals surface area contributed by atoms with Crippen LogP contribution in [0.3, 0.4) is 0 Å². The smallest absolute Gasteiger partial charge is 0.308 e. The SMILES string of the molecule is CCCC(=O)OC1OC(CO)[C@@H](OC(=O)CCC)[C@H](OC(=O)CCC)C1NC(C)=O. The Morgan fingerprint density at radius 1 is 0.833 bits per heavy atom. The summed E-state index contributed by atoms with van der Waals surface area (Å²) in [5, 5.41) is 12.4. The average molecular weight is 431 g/mol. The molecule has 1 rings (SSSR count). The Balaban J connectivity index is 3.26. The zero-order chi connectivity index (χ0) is 22.7. The zero-order valence-corrected chi connectivity index (χ0v) is 18.0. The number of aliphatic hydroxyl groups is 1. The second-order valence-corrected chi connectivity index (χ2v) is 7.10. The molecule has 2 N–H and O–H groups in total. The fourth-order valence-electron chi connectivity index (χ4n) is 3.04. The fourth-order valence-corrected chi connectivity index (χ4v) is 3.04. The Bertz CT molecular complexity index is 595. The zero-order valence-electron chi connectivity index (χ0n) is 18.0. The summed E-state index contributed by atoms with van der Waals surface area (Å²) >= 11 is 0. The minimum Gasteiger partial charge on any atom is -0.456 e. The molecule has 1 saturated heterocycles. The van der Waals surface area contributed by atoms with Crippen LogP contribution in [0.15, 0.2) is 0 Å². The number of esters is 3. The van der Waals surface area contributed by atoms with Crippen molar-refractivity contribution < 1.29 is 43.2 Å². The van der Waals surface area contributed by atoms with Crippen molar-refractivity contribution in [3.63, 3.8) is 0 Å². The van der Waals surface area contributed by atoms with Crippen LogP contribution < -0.4 is 5.32 Å². The molecule has 1 aliphatic rings. The second-order valence-electron chi connectivity index (χ2n) is 7.10. The molecule has 5 atom stereocenters. The molecule has 0 aromatic heterocycles. The number of rotatable bonds is 11. The number of hydrogen-bond donors (Lipinski definition) is 2. The topological polar surface area (TPSA) is 137 Å². The third-order valence-corrected chi connectivity index (χ3v) is 4.34. The summed E-state index contributed by atoms with van der Waals surface area (Å²) in [4.78, 5) is 48.2. The van der Waals surface area contributed by atoms with E-state index in [1.54, 1.807) is 20.8 Å². The monoisotopic (exact) mass is 431 g/mol. The van der Waals surface area contributed by atoms with Gasteiger partial charge in [-0.15, -0.1) is 0 Å². The molecule has 0 bridgehead atoms. The Hall–Kier alpha value is -2.20. The number of carbonyl (C=O) groups is 4.